The van der Waals surface area contributed by atoms with E-state index in [1.807, 2.05) is 6.07 Å². The van der Waals surface area contributed by atoms with E-state index in [4.69, 9.17) is 0 Å². The number of pyridine rings is 1. The summed E-state index contributed by atoms with van der Waals surface area (Å²) in [6.07, 6.45) is 6.56. The van der Waals surface area contributed by atoms with E-state index < -0.39 is 11.9 Å². The number of thioether (sulfide) groups is 1. The molecule has 1 amide bonds. The Kier molecular flexibility index (Phi) is 8.12. The number of unbranched alkanes of at least 4 members (excludes halogenated alkanes) is 3. The van der Waals surface area contributed by atoms with Crippen LogP contribution in [-0.4, -0.2) is 27.7 Å². The maximum absolute atomic E-state index is 12.3. The molecule has 0 fully saturated rings. The molecule has 0 saturated carbocycles. The lowest BCUT2D eigenvalue weighted by Crippen LogP contribution is -2.16. The van der Waals surface area contributed by atoms with Crippen LogP contribution < -0.4 is 5.32 Å². The molecule has 5 nitrogen and oxygen atoms in total. The molecule has 1 aromatic carbocycles. The van der Waals surface area contributed by atoms with Crippen molar-refractivity contribution < 1.29 is 14.7 Å². The molecule has 0 aliphatic heterocycles. The zero-order valence-electron chi connectivity index (χ0n) is 14.5. The molecule has 0 aliphatic rings. The highest BCUT2D eigenvalue weighted by molar-refractivity contribution is 9.10. The van der Waals surface area contributed by atoms with Gasteiger partial charge >= 0.3 is 5.97 Å². The zero-order valence-corrected chi connectivity index (χ0v) is 16.9. The molecule has 0 bridgehead atoms. The molecule has 0 atom stereocenters. The van der Waals surface area contributed by atoms with Gasteiger partial charge in [0.1, 0.15) is 5.69 Å². The number of benzene rings is 1. The molecule has 26 heavy (non-hydrogen) atoms. The number of nitrogens with one attached hydrogen (secondary N) is 1. The van der Waals surface area contributed by atoms with Gasteiger partial charge in [-0.05, 0) is 42.5 Å². The van der Waals surface area contributed by atoms with Gasteiger partial charge in [-0.3, -0.25) is 4.79 Å². The van der Waals surface area contributed by atoms with E-state index in [0.717, 1.165) is 10.6 Å². The van der Waals surface area contributed by atoms with E-state index in [0.29, 0.717) is 4.47 Å². The quantitative estimate of drug-likeness (QED) is 0.402. The van der Waals surface area contributed by atoms with E-state index in [1.54, 1.807) is 36.2 Å². The standard InChI is InChI=1S/C19H21BrN2O3S/c1-2-3-4-5-10-26-14-7-9-17(21-12-14)18(23)22-16-8-6-13(20)11-15(16)19(24)25/h6-9,11-12H,2-5,10H2,1H3,(H,22,23)(H,24,25). The minimum absolute atomic E-state index is 0.0204. The Bertz CT molecular complexity index is 766. The van der Waals surface area contributed by atoms with Crippen LogP contribution in [0, 0.1) is 0 Å². The first-order chi connectivity index (χ1) is 12.5. The van der Waals surface area contributed by atoms with Gasteiger partial charge in [0.15, 0.2) is 0 Å². The Morgan fingerprint density at radius 1 is 1.19 bits per heavy atom. The lowest BCUT2D eigenvalue weighted by molar-refractivity contribution is 0.0698. The molecule has 1 aromatic heterocycles. The molecule has 2 N–H and O–H groups in total. The Hall–Kier alpha value is -1.86. The van der Waals surface area contributed by atoms with Crippen molar-refractivity contribution in [2.24, 2.45) is 0 Å². The number of carboxylic acids is 1. The summed E-state index contributed by atoms with van der Waals surface area (Å²) in [5.41, 5.74) is 0.508. The number of hydrogen-bond acceptors (Lipinski definition) is 4. The molecule has 138 valence electrons. The predicted octanol–water partition coefficient (Wildman–Crippen LogP) is 5.47. The van der Waals surface area contributed by atoms with Crippen molar-refractivity contribution in [3.63, 3.8) is 0 Å². The van der Waals surface area contributed by atoms with Gasteiger partial charge in [0, 0.05) is 15.6 Å². The van der Waals surface area contributed by atoms with Gasteiger partial charge in [0.2, 0.25) is 0 Å². The van der Waals surface area contributed by atoms with Crippen LogP contribution in [0.3, 0.4) is 0 Å². The molecule has 0 aliphatic carbocycles. The van der Waals surface area contributed by atoms with E-state index in [2.05, 4.69) is 33.2 Å². The number of aromatic nitrogens is 1. The number of amides is 1. The van der Waals surface area contributed by atoms with Crippen LogP contribution in [0.4, 0.5) is 5.69 Å². The van der Waals surface area contributed by atoms with Crippen LogP contribution in [0.25, 0.3) is 0 Å². The van der Waals surface area contributed by atoms with Crippen LogP contribution in [0.5, 0.6) is 0 Å². The number of nitrogens with zero attached hydrogens (tertiary/aromatic N) is 1. The fraction of sp³-hybridized carbons (Fsp3) is 0.316. The third-order valence-corrected chi connectivity index (χ3v) is 5.26. The Morgan fingerprint density at radius 3 is 2.65 bits per heavy atom. The van der Waals surface area contributed by atoms with E-state index in [-0.39, 0.29) is 16.9 Å². The first-order valence-corrected chi connectivity index (χ1v) is 10.2. The summed E-state index contributed by atoms with van der Waals surface area (Å²) >= 11 is 4.95. The minimum atomic E-state index is -1.11. The number of carbonyl (C=O) groups is 2. The van der Waals surface area contributed by atoms with Gasteiger partial charge in [0.25, 0.3) is 5.91 Å². The summed E-state index contributed by atoms with van der Waals surface area (Å²) in [5.74, 6) is -0.507. The molecule has 7 heteroatoms. The summed E-state index contributed by atoms with van der Waals surface area (Å²) in [4.78, 5) is 28.9. The van der Waals surface area contributed by atoms with Gasteiger partial charge in [-0.2, -0.15) is 0 Å². The molecule has 0 saturated heterocycles. The first-order valence-electron chi connectivity index (χ1n) is 8.44. The van der Waals surface area contributed by atoms with Gasteiger partial charge in [0.05, 0.1) is 11.3 Å². The molecule has 2 rings (SSSR count). The normalized spacial score (nSPS) is 10.5. The third-order valence-electron chi connectivity index (χ3n) is 3.70. The third kappa shape index (κ3) is 6.14. The van der Waals surface area contributed by atoms with Crippen LogP contribution in [-0.2, 0) is 0 Å². The lowest BCUT2D eigenvalue weighted by atomic mass is 10.1. The van der Waals surface area contributed by atoms with Gasteiger partial charge in [-0.1, -0.05) is 42.1 Å². The summed E-state index contributed by atoms with van der Waals surface area (Å²) in [6, 6.07) is 8.19. The lowest BCUT2D eigenvalue weighted by Gasteiger charge is -2.09. The monoisotopic (exact) mass is 436 g/mol. The van der Waals surface area contributed by atoms with E-state index >= 15 is 0 Å². The van der Waals surface area contributed by atoms with Crippen LogP contribution in [0.2, 0.25) is 0 Å². The highest BCUT2D eigenvalue weighted by atomic mass is 79.9. The van der Waals surface area contributed by atoms with Crippen molar-refractivity contribution in [1.82, 2.24) is 4.98 Å². The van der Waals surface area contributed by atoms with Crippen molar-refractivity contribution in [1.29, 1.82) is 0 Å². The summed E-state index contributed by atoms with van der Waals surface area (Å²) in [7, 11) is 0. The molecule has 0 spiro atoms. The van der Waals surface area contributed by atoms with Crippen LogP contribution >= 0.6 is 27.7 Å². The van der Waals surface area contributed by atoms with E-state index in [1.165, 1.54) is 31.7 Å². The number of hydrogen-bond donors (Lipinski definition) is 2. The summed E-state index contributed by atoms with van der Waals surface area (Å²) < 4.78 is 0.631. The average Bonchev–Trinajstić information content (AvgIpc) is 2.63. The largest absolute Gasteiger partial charge is 0.478 e. The highest BCUT2D eigenvalue weighted by Gasteiger charge is 2.15. The number of halogens is 1. The minimum Gasteiger partial charge on any atom is -0.478 e. The molecule has 1 heterocycles. The van der Waals surface area contributed by atoms with Crippen molar-refractivity contribution >= 4 is 45.3 Å². The smallest absolute Gasteiger partial charge is 0.337 e. The second kappa shape index (κ2) is 10.3. The average molecular weight is 437 g/mol. The van der Waals surface area contributed by atoms with Crippen molar-refractivity contribution in [3.8, 4) is 0 Å². The molecule has 0 unspecified atom stereocenters. The predicted molar refractivity (Wildman–Crippen MR) is 108 cm³/mol. The Labute approximate surface area is 165 Å². The zero-order chi connectivity index (χ0) is 18.9. The first kappa shape index (κ1) is 20.5. The number of rotatable bonds is 9. The van der Waals surface area contributed by atoms with Crippen molar-refractivity contribution in [3.05, 3.63) is 52.3 Å². The maximum Gasteiger partial charge on any atom is 0.337 e. The van der Waals surface area contributed by atoms with Crippen LogP contribution in [0.15, 0.2) is 45.9 Å². The number of aromatic carboxylic acids is 1. The number of anilines is 1. The van der Waals surface area contributed by atoms with Crippen molar-refractivity contribution in [2.75, 3.05) is 11.1 Å². The molecule has 0 radical (unpaired) electrons. The topological polar surface area (TPSA) is 79.3 Å². The van der Waals surface area contributed by atoms with Gasteiger partial charge in [-0.25, -0.2) is 9.78 Å². The molecule has 2 aromatic rings. The van der Waals surface area contributed by atoms with Gasteiger partial charge < -0.3 is 10.4 Å². The second-order valence-corrected chi connectivity index (χ2v) is 7.82. The molecular formula is C19H21BrN2O3S. The van der Waals surface area contributed by atoms with E-state index in [9.17, 15) is 14.7 Å². The summed E-state index contributed by atoms with van der Waals surface area (Å²) in [6.45, 7) is 2.19. The van der Waals surface area contributed by atoms with Crippen LogP contribution in [0.1, 0.15) is 53.5 Å². The fourth-order valence-corrected chi connectivity index (χ4v) is 3.54. The fourth-order valence-electron chi connectivity index (χ4n) is 2.31. The number of carboxylic acid groups (broad SMARTS) is 1. The SMILES string of the molecule is CCCCCCSc1ccc(C(=O)Nc2ccc(Br)cc2C(=O)O)nc1. The van der Waals surface area contributed by atoms with Crippen molar-refractivity contribution in [2.45, 2.75) is 37.5 Å². The molecular weight excluding hydrogens is 416 g/mol. The summed E-state index contributed by atoms with van der Waals surface area (Å²) in [5, 5.41) is 11.9. The maximum atomic E-state index is 12.3. The second-order valence-electron chi connectivity index (χ2n) is 5.74. The Balaban J connectivity index is 1.97. The number of carbonyl (C=O) groups excluding carboxylic acids is 1. The van der Waals surface area contributed by atoms with Gasteiger partial charge in [-0.15, -0.1) is 11.8 Å². The Morgan fingerprint density at radius 2 is 2.00 bits per heavy atom. The highest BCUT2D eigenvalue weighted by Crippen LogP contribution is 2.22.